The number of carbonyl (C=O) groups is 6. The molecule has 96 heavy (non-hydrogen) atoms. The summed E-state index contributed by atoms with van der Waals surface area (Å²) in [6.45, 7) is 27.9. The first kappa shape index (κ1) is 73.4. The van der Waals surface area contributed by atoms with Gasteiger partial charge in [0, 0.05) is 75.4 Å². The highest BCUT2D eigenvalue weighted by Crippen LogP contribution is 2.22. The predicted octanol–water partition coefficient (Wildman–Crippen LogP) is 7.38. The molecule has 6 aromatic rings. The van der Waals surface area contributed by atoms with Gasteiger partial charge in [0.1, 0.15) is 59.4 Å². The quantitative estimate of drug-likeness (QED) is 0.00799. The smallest absolute Gasteiger partial charge is 0.312 e. The minimum Gasteiger partial charge on any atom is -0.494 e. The van der Waals surface area contributed by atoms with Crippen LogP contribution in [0.25, 0.3) is 14.5 Å². The fourth-order valence-corrected chi connectivity index (χ4v) is 9.26. The molecule has 0 radical (unpaired) electrons. The van der Waals surface area contributed by atoms with E-state index in [1.165, 1.54) is 14.7 Å². The topological polar surface area (TPSA) is 323 Å². The molecule has 3 heterocycles. The van der Waals surface area contributed by atoms with E-state index in [2.05, 4.69) is 35.8 Å². The third-order valence-electron chi connectivity index (χ3n) is 14.3. The minimum atomic E-state index is -0.535. The Morgan fingerprint density at radius 2 is 0.708 bits per heavy atom. The molecule has 26 nitrogen and oxygen atoms in total. The highest BCUT2D eigenvalue weighted by Gasteiger charge is 2.33. The van der Waals surface area contributed by atoms with Gasteiger partial charge >= 0.3 is 35.4 Å². The van der Waals surface area contributed by atoms with E-state index in [1.807, 2.05) is 6.07 Å². The Kier molecular flexibility index (Phi) is 30.3. The summed E-state index contributed by atoms with van der Waals surface area (Å²) in [4.78, 5) is 89.8. The number of ether oxygens (including phenoxy) is 6. The SMILES string of the molecule is N=C(N)c1ccc(OCCCN2CCN(CCOc3ccc(C(=N)N)cc3)C(=O)C2=O)cc1.[C-]#[N+]c1ccc(OCCBr)cc1.[C-]#[N+]c1ccc(OCCCN2CCN(CCOc3ccc(C#N)cc3)C(=O)C2=O)cc1.[C-]#[N+]c1ccc(OCCCN2CCNC(=O)C2=O)cc1. The van der Waals surface area contributed by atoms with Crippen LogP contribution in [0, 0.1) is 41.9 Å². The number of hydrogen-bond donors (Lipinski definition) is 5. The molecule has 3 fully saturated rings. The fourth-order valence-electron chi connectivity index (χ4n) is 9.10. The number of rotatable bonds is 28. The van der Waals surface area contributed by atoms with Crippen molar-refractivity contribution < 1.29 is 57.2 Å². The number of amides is 6. The van der Waals surface area contributed by atoms with Gasteiger partial charge in [0.25, 0.3) is 0 Å². The van der Waals surface area contributed by atoms with Crippen LogP contribution in [0.15, 0.2) is 146 Å². The average Bonchev–Trinajstić information content (AvgIpc) is 0.895. The molecule has 0 spiro atoms. The molecule has 498 valence electrons. The number of benzene rings is 6. The Morgan fingerprint density at radius 3 is 1.01 bits per heavy atom. The summed E-state index contributed by atoms with van der Waals surface area (Å²) in [5, 5.41) is 26.9. The van der Waals surface area contributed by atoms with Gasteiger partial charge in [-0.05, 0) is 128 Å². The van der Waals surface area contributed by atoms with E-state index >= 15 is 0 Å². The van der Waals surface area contributed by atoms with Crippen molar-refractivity contribution in [3.05, 3.63) is 197 Å². The number of piperazine rings is 3. The number of nitriles is 1. The lowest BCUT2D eigenvalue weighted by Gasteiger charge is -2.33. The van der Waals surface area contributed by atoms with Crippen molar-refractivity contribution in [3.63, 3.8) is 0 Å². The van der Waals surface area contributed by atoms with Crippen molar-refractivity contribution in [3.8, 4) is 40.6 Å². The van der Waals surface area contributed by atoms with Crippen molar-refractivity contribution in [1.29, 1.82) is 16.1 Å². The van der Waals surface area contributed by atoms with Crippen LogP contribution in [0.4, 0.5) is 17.1 Å². The van der Waals surface area contributed by atoms with E-state index in [-0.39, 0.29) is 24.9 Å². The lowest BCUT2D eigenvalue weighted by atomic mass is 10.2. The molecule has 7 N–H and O–H groups in total. The Balaban J connectivity index is 0.000000214. The third-order valence-corrected chi connectivity index (χ3v) is 14.6. The first-order valence-corrected chi connectivity index (χ1v) is 31.5. The molecule has 6 aromatic carbocycles. The van der Waals surface area contributed by atoms with Crippen LogP contribution in [0.3, 0.4) is 0 Å². The molecule has 0 bridgehead atoms. The second-order valence-corrected chi connectivity index (χ2v) is 21.7. The second-order valence-electron chi connectivity index (χ2n) is 20.9. The minimum absolute atomic E-state index is 0.00115. The summed E-state index contributed by atoms with van der Waals surface area (Å²) in [6, 6.07) is 43.3. The van der Waals surface area contributed by atoms with Crippen molar-refractivity contribution >= 4 is 80.1 Å². The number of nitrogens with one attached hydrogen (secondary N) is 3. The van der Waals surface area contributed by atoms with E-state index in [4.69, 9.17) is 75.7 Å². The number of alkyl halides is 1. The van der Waals surface area contributed by atoms with E-state index in [9.17, 15) is 28.8 Å². The number of hydrogen-bond acceptors (Lipinski definition) is 15. The summed E-state index contributed by atoms with van der Waals surface area (Å²) < 4.78 is 33.3. The number of nitrogens with zero attached hydrogens (tertiary/aromatic N) is 9. The number of nitrogens with two attached hydrogens (primary N) is 2. The third kappa shape index (κ3) is 24.4. The standard InChI is InChI=1S/C23H28N6O4.C23H22N4O4.C14H15N3O3.C9H8BrNO/c24-20(25)16-2-6-18(7-3-16)32-14-1-10-28-11-12-29(23(31)22(28)30)13-15-33-19-8-4-17(5-9-19)21(26)27;1-25-19-5-9-21(10-6-19)30-15-2-11-26-12-13-27(23(29)22(26)28)14-16-31-20-7-3-18(17-24)4-8-20;1-15-11-3-5-12(6-4-11)20-10-2-8-17-9-7-16-13(18)14(17)19;1-11-8-2-4-9(5-3-8)12-7-6-10/h2-9H,1,10-15H2,(H3,24,25)(H3,26,27);3-10H,2,11-16H2;3-6H,2,7-10H2,(H,16,18);2-5H,6-7H2. The highest BCUT2D eigenvalue weighted by atomic mass is 79.9. The second kappa shape index (κ2) is 39.7. The number of carbonyl (C=O) groups excluding carboxylic acids is 6. The summed E-state index contributed by atoms with van der Waals surface area (Å²) in [6.07, 6.45) is 1.85. The van der Waals surface area contributed by atoms with Crippen molar-refractivity contribution in [2.75, 3.05) is 117 Å². The maximum Gasteiger partial charge on any atom is 0.312 e. The number of amidine groups is 2. The molecule has 3 aliphatic rings. The van der Waals surface area contributed by atoms with Gasteiger partial charge in [0.15, 0.2) is 17.1 Å². The molecule has 0 saturated carbocycles. The van der Waals surface area contributed by atoms with Gasteiger partial charge in [-0.3, -0.25) is 39.6 Å². The Morgan fingerprint density at radius 1 is 0.427 bits per heavy atom. The summed E-state index contributed by atoms with van der Waals surface area (Å²) in [7, 11) is 0. The molecule has 3 aliphatic heterocycles. The van der Waals surface area contributed by atoms with Gasteiger partial charge < -0.3 is 69.7 Å². The largest absolute Gasteiger partial charge is 0.494 e. The summed E-state index contributed by atoms with van der Waals surface area (Å²) in [5.74, 6) is 0.939. The van der Waals surface area contributed by atoms with Crippen LogP contribution < -0.4 is 45.2 Å². The van der Waals surface area contributed by atoms with Gasteiger partial charge in [-0.15, -0.1) is 0 Å². The molecule has 3 saturated heterocycles. The van der Waals surface area contributed by atoms with Crippen LogP contribution in [-0.4, -0.2) is 189 Å². The molecule has 0 unspecified atom stereocenters. The van der Waals surface area contributed by atoms with Gasteiger partial charge in [0.05, 0.1) is 70.9 Å². The lowest BCUT2D eigenvalue weighted by molar-refractivity contribution is -0.156. The zero-order valence-electron chi connectivity index (χ0n) is 52.7. The highest BCUT2D eigenvalue weighted by molar-refractivity contribution is 9.09. The summed E-state index contributed by atoms with van der Waals surface area (Å²) >= 11 is 3.26. The Bertz CT molecular complexity index is 3740. The van der Waals surface area contributed by atoms with E-state index in [0.29, 0.717) is 180 Å². The maximum absolute atomic E-state index is 12.4. The maximum atomic E-state index is 12.4. The van der Waals surface area contributed by atoms with Crippen molar-refractivity contribution in [2.24, 2.45) is 11.5 Å². The molecular weight excluding hydrogens is 1300 g/mol. The zero-order chi connectivity index (χ0) is 69.0. The average molecular weight is 1370 g/mol. The molecule has 0 atom stereocenters. The van der Waals surface area contributed by atoms with Crippen LogP contribution in [0.5, 0.6) is 34.5 Å². The monoisotopic (exact) mass is 1370 g/mol. The van der Waals surface area contributed by atoms with Gasteiger partial charge in [-0.25, -0.2) is 14.5 Å². The molecular formula is C69H73BrN14O12. The van der Waals surface area contributed by atoms with Crippen molar-refractivity contribution in [1.82, 2.24) is 29.8 Å². The normalized spacial score (nSPS) is 13.2. The number of halogens is 1. The van der Waals surface area contributed by atoms with E-state index in [0.717, 1.165) is 11.1 Å². The fraction of sp³-hybridized carbons (Fsp3) is 0.304. The first-order chi connectivity index (χ1) is 46.5. The summed E-state index contributed by atoms with van der Waals surface area (Å²) in [5.41, 5.74) is 14.4. The predicted molar refractivity (Wildman–Crippen MR) is 361 cm³/mol. The molecule has 0 aromatic heterocycles. The Hall–Kier alpha value is -11.7. The molecule has 9 rings (SSSR count). The van der Waals surface area contributed by atoms with Gasteiger partial charge in [-0.2, -0.15) is 5.26 Å². The van der Waals surface area contributed by atoms with Crippen molar-refractivity contribution in [2.45, 2.75) is 19.3 Å². The van der Waals surface area contributed by atoms with Gasteiger partial charge in [0.2, 0.25) is 0 Å². The van der Waals surface area contributed by atoms with Crippen LogP contribution in [0.1, 0.15) is 36.0 Å². The Labute approximate surface area is 565 Å². The number of nitrogen functional groups attached to an aromatic ring is 2. The van der Waals surface area contributed by atoms with Crippen LogP contribution >= 0.6 is 15.9 Å². The zero-order valence-corrected chi connectivity index (χ0v) is 54.2. The van der Waals surface area contributed by atoms with Gasteiger partial charge in [-0.1, -0.05) is 52.3 Å². The van der Waals surface area contributed by atoms with Crippen LogP contribution in [-0.2, 0) is 28.8 Å². The van der Waals surface area contributed by atoms with E-state index in [1.54, 1.807) is 155 Å². The lowest BCUT2D eigenvalue weighted by Crippen LogP contribution is -2.55. The van der Waals surface area contributed by atoms with Crippen LogP contribution in [0.2, 0.25) is 0 Å². The molecule has 6 amide bonds. The molecule has 0 aliphatic carbocycles. The van der Waals surface area contributed by atoms with E-state index < -0.39 is 35.4 Å². The molecule has 27 heteroatoms. The first-order valence-electron chi connectivity index (χ1n) is 30.4.